The molecular weight excluding hydrogens is 268 g/mol. The van der Waals surface area contributed by atoms with Gasteiger partial charge in [0.1, 0.15) is 10.9 Å². The number of nitriles is 1. The summed E-state index contributed by atoms with van der Waals surface area (Å²) >= 11 is 4.99. The molecule has 0 spiro atoms. The molecule has 0 fully saturated rings. The van der Waals surface area contributed by atoms with E-state index in [0.717, 1.165) is 10.4 Å². The van der Waals surface area contributed by atoms with Crippen molar-refractivity contribution in [3.05, 3.63) is 28.0 Å². The summed E-state index contributed by atoms with van der Waals surface area (Å²) < 4.78 is 2.60. The van der Waals surface area contributed by atoms with Crippen LogP contribution in [0.3, 0.4) is 0 Å². The van der Waals surface area contributed by atoms with Crippen molar-refractivity contribution in [1.82, 2.24) is 0 Å². The van der Waals surface area contributed by atoms with Gasteiger partial charge in [-0.1, -0.05) is 0 Å². The monoisotopic (exact) mass is 276 g/mol. The van der Waals surface area contributed by atoms with E-state index in [1.165, 1.54) is 25.6 Å². The zero-order valence-electron chi connectivity index (χ0n) is 8.98. The first kappa shape index (κ1) is 10.8. The lowest BCUT2D eigenvalue weighted by Gasteiger charge is -1.94. The van der Waals surface area contributed by atoms with Gasteiger partial charge in [0.25, 0.3) is 0 Å². The minimum atomic E-state index is 0.620. The molecule has 0 radical (unpaired) electrons. The van der Waals surface area contributed by atoms with Gasteiger partial charge in [0.05, 0.1) is 10.6 Å². The lowest BCUT2D eigenvalue weighted by atomic mass is 10.2. The second kappa shape index (κ2) is 3.84. The molecule has 0 aliphatic carbocycles. The maximum absolute atomic E-state index is 8.99. The largest absolute Gasteiger partial charge is 0.397 e. The smallest absolute Gasteiger partial charge is 0.128 e. The van der Waals surface area contributed by atoms with Crippen LogP contribution < -0.4 is 5.73 Å². The van der Waals surface area contributed by atoms with E-state index in [1.54, 1.807) is 22.7 Å². The van der Waals surface area contributed by atoms with Crippen LogP contribution in [0.5, 0.6) is 0 Å². The van der Waals surface area contributed by atoms with Crippen molar-refractivity contribution >= 4 is 49.1 Å². The van der Waals surface area contributed by atoms with Gasteiger partial charge in [-0.25, -0.2) is 0 Å². The van der Waals surface area contributed by atoms with E-state index in [9.17, 15) is 0 Å². The van der Waals surface area contributed by atoms with Crippen molar-refractivity contribution in [3.63, 3.8) is 0 Å². The molecule has 17 heavy (non-hydrogen) atoms. The van der Waals surface area contributed by atoms with E-state index < -0.39 is 0 Å². The number of nitrogens with zero attached hydrogens (tertiary/aromatic N) is 1. The number of fused-ring (bicyclic) bond motifs is 1. The summed E-state index contributed by atoms with van der Waals surface area (Å²) in [6, 6.07) is 6.47. The summed E-state index contributed by atoms with van der Waals surface area (Å²) in [7, 11) is 0. The Hall–Kier alpha value is -1.35. The summed E-state index contributed by atoms with van der Waals surface area (Å²) in [6.07, 6.45) is 0. The number of anilines is 1. The standard InChI is InChI=1S/C12H8N2S3/c1-6-11(14)10(5-13)17-12(6)9-4-8-7(16-9)2-3-15-8/h2-4H,14H2,1H3. The Morgan fingerprint density at radius 2 is 2.12 bits per heavy atom. The van der Waals surface area contributed by atoms with E-state index in [2.05, 4.69) is 23.6 Å². The van der Waals surface area contributed by atoms with Crippen LogP contribution >= 0.6 is 34.0 Å². The third-order valence-corrected chi connectivity index (χ3v) is 6.14. The predicted octanol–water partition coefficient (Wildman–Crippen LogP) is 4.45. The molecule has 0 saturated carbocycles. The first-order valence-corrected chi connectivity index (χ1v) is 7.48. The number of rotatable bonds is 1. The van der Waals surface area contributed by atoms with E-state index in [1.807, 2.05) is 6.92 Å². The second-order valence-corrected chi connectivity index (χ2v) is 6.72. The van der Waals surface area contributed by atoms with Crippen molar-refractivity contribution in [1.29, 1.82) is 5.26 Å². The van der Waals surface area contributed by atoms with Crippen molar-refractivity contribution < 1.29 is 0 Å². The SMILES string of the molecule is Cc1c(-c2cc3sccc3s2)sc(C#N)c1N. The molecule has 0 amide bonds. The van der Waals surface area contributed by atoms with Crippen LogP contribution in [0.2, 0.25) is 0 Å². The van der Waals surface area contributed by atoms with Gasteiger partial charge in [0.15, 0.2) is 0 Å². The van der Waals surface area contributed by atoms with Gasteiger partial charge in [0.2, 0.25) is 0 Å². The van der Waals surface area contributed by atoms with Gasteiger partial charge in [0, 0.05) is 14.3 Å². The van der Waals surface area contributed by atoms with Crippen LogP contribution in [-0.4, -0.2) is 0 Å². The van der Waals surface area contributed by atoms with E-state index >= 15 is 0 Å². The molecule has 3 heterocycles. The Bertz CT molecular complexity index is 711. The van der Waals surface area contributed by atoms with Gasteiger partial charge in [-0.05, 0) is 30.0 Å². The fourth-order valence-electron chi connectivity index (χ4n) is 1.72. The van der Waals surface area contributed by atoms with Crippen LogP contribution in [0, 0.1) is 18.3 Å². The Kier molecular flexibility index (Phi) is 2.44. The summed E-state index contributed by atoms with van der Waals surface area (Å²) in [6.45, 7) is 1.98. The van der Waals surface area contributed by atoms with Gasteiger partial charge in [-0.2, -0.15) is 5.26 Å². The molecule has 0 bridgehead atoms. The Morgan fingerprint density at radius 1 is 1.29 bits per heavy atom. The quantitative estimate of drug-likeness (QED) is 0.713. The lowest BCUT2D eigenvalue weighted by molar-refractivity contribution is 1.50. The van der Waals surface area contributed by atoms with Crippen molar-refractivity contribution in [3.8, 4) is 15.8 Å². The third-order valence-electron chi connectivity index (χ3n) is 2.66. The van der Waals surface area contributed by atoms with Crippen molar-refractivity contribution in [2.24, 2.45) is 0 Å². The average molecular weight is 276 g/mol. The molecule has 2 nitrogen and oxygen atoms in total. The molecule has 0 aliphatic rings. The van der Waals surface area contributed by atoms with E-state index in [4.69, 9.17) is 11.0 Å². The van der Waals surface area contributed by atoms with Crippen molar-refractivity contribution in [2.45, 2.75) is 6.92 Å². The first-order chi connectivity index (χ1) is 8.20. The molecule has 0 unspecified atom stereocenters. The molecule has 0 atom stereocenters. The predicted molar refractivity (Wildman–Crippen MR) is 76.9 cm³/mol. The lowest BCUT2D eigenvalue weighted by Crippen LogP contribution is -1.86. The minimum Gasteiger partial charge on any atom is -0.397 e. The average Bonchev–Trinajstić information content (AvgIpc) is 2.94. The van der Waals surface area contributed by atoms with E-state index in [0.29, 0.717) is 10.6 Å². The van der Waals surface area contributed by atoms with Crippen LogP contribution in [0.15, 0.2) is 17.5 Å². The maximum atomic E-state index is 8.99. The minimum absolute atomic E-state index is 0.620. The van der Waals surface area contributed by atoms with Gasteiger partial charge < -0.3 is 5.73 Å². The highest BCUT2D eigenvalue weighted by Gasteiger charge is 2.15. The van der Waals surface area contributed by atoms with Gasteiger partial charge in [-0.3, -0.25) is 0 Å². The molecule has 2 N–H and O–H groups in total. The highest BCUT2D eigenvalue weighted by atomic mass is 32.1. The third kappa shape index (κ3) is 1.57. The normalized spacial score (nSPS) is 10.8. The summed E-state index contributed by atoms with van der Waals surface area (Å²) in [5.74, 6) is 0. The zero-order chi connectivity index (χ0) is 12.0. The molecule has 84 valence electrons. The molecule has 5 heteroatoms. The summed E-state index contributed by atoms with van der Waals surface area (Å²) in [4.78, 5) is 2.96. The molecule has 3 rings (SSSR count). The number of hydrogen-bond donors (Lipinski definition) is 1. The highest BCUT2D eigenvalue weighted by Crippen LogP contribution is 2.43. The Balaban J connectivity index is 2.22. The topological polar surface area (TPSA) is 49.8 Å². The summed E-state index contributed by atoms with van der Waals surface area (Å²) in [5, 5.41) is 11.1. The maximum Gasteiger partial charge on any atom is 0.128 e. The van der Waals surface area contributed by atoms with E-state index in [-0.39, 0.29) is 0 Å². The number of hydrogen-bond acceptors (Lipinski definition) is 5. The van der Waals surface area contributed by atoms with Crippen molar-refractivity contribution in [2.75, 3.05) is 5.73 Å². The molecule has 3 aromatic heterocycles. The fourth-order valence-corrected chi connectivity index (χ4v) is 5.01. The van der Waals surface area contributed by atoms with Gasteiger partial charge >= 0.3 is 0 Å². The number of nitrogen functional groups attached to an aromatic ring is 1. The highest BCUT2D eigenvalue weighted by molar-refractivity contribution is 7.30. The Morgan fingerprint density at radius 3 is 2.76 bits per heavy atom. The summed E-state index contributed by atoms with van der Waals surface area (Å²) in [5.41, 5.74) is 7.57. The van der Waals surface area contributed by atoms with Gasteiger partial charge in [-0.15, -0.1) is 34.0 Å². The number of nitrogens with two attached hydrogens (primary N) is 1. The first-order valence-electron chi connectivity index (χ1n) is 4.97. The second-order valence-electron chi connectivity index (χ2n) is 3.67. The molecule has 0 saturated heterocycles. The van der Waals surface area contributed by atoms with Crippen LogP contribution in [-0.2, 0) is 0 Å². The molecule has 0 aliphatic heterocycles. The zero-order valence-corrected chi connectivity index (χ0v) is 11.4. The molecule has 3 aromatic rings. The molecule has 0 aromatic carbocycles. The van der Waals surface area contributed by atoms with Crippen LogP contribution in [0.1, 0.15) is 10.4 Å². The van der Waals surface area contributed by atoms with Crippen LogP contribution in [0.4, 0.5) is 5.69 Å². The Labute approximate surface area is 111 Å². The van der Waals surface area contributed by atoms with Crippen LogP contribution in [0.25, 0.3) is 19.2 Å². The number of thiophene rings is 3. The fraction of sp³-hybridized carbons (Fsp3) is 0.0833. The molecular formula is C12H8N2S3.